The number of carboxylic acids is 1. The van der Waals surface area contributed by atoms with Gasteiger partial charge in [0.15, 0.2) is 0 Å². The highest BCUT2D eigenvalue weighted by molar-refractivity contribution is 5.93. The molecule has 0 bridgehead atoms. The summed E-state index contributed by atoms with van der Waals surface area (Å²) in [4.78, 5) is 48.4. The molecular formula is C21H33N5O6. The van der Waals surface area contributed by atoms with Gasteiger partial charge in [0, 0.05) is 0 Å². The molecule has 0 aliphatic rings. The van der Waals surface area contributed by atoms with Crippen molar-refractivity contribution >= 4 is 23.7 Å². The van der Waals surface area contributed by atoms with Gasteiger partial charge in [0.05, 0.1) is 12.6 Å². The number of carboxylic acid groups (broad SMARTS) is 1. The van der Waals surface area contributed by atoms with Crippen LogP contribution in [0.4, 0.5) is 0 Å². The number of hydrogen-bond donors (Lipinski definition) is 7. The molecule has 0 saturated carbocycles. The normalized spacial score (nSPS) is 14.5. The van der Waals surface area contributed by atoms with Crippen molar-refractivity contribution in [3.63, 3.8) is 0 Å². The largest absolute Gasteiger partial charge is 0.480 e. The number of aliphatic carboxylic acids is 1. The van der Waals surface area contributed by atoms with Crippen LogP contribution in [0.1, 0.15) is 31.7 Å². The maximum atomic E-state index is 12.6. The number of amides is 3. The van der Waals surface area contributed by atoms with Gasteiger partial charge < -0.3 is 37.6 Å². The molecule has 0 heterocycles. The van der Waals surface area contributed by atoms with Crippen LogP contribution in [0.5, 0.6) is 0 Å². The third kappa shape index (κ3) is 9.41. The second-order valence-corrected chi connectivity index (χ2v) is 7.45. The predicted octanol–water partition coefficient (Wildman–Crippen LogP) is -1.76. The molecule has 0 fully saturated rings. The predicted molar refractivity (Wildman–Crippen MR) is 117 cm³/mol. The van der Waals surface area contributed by atoms with Gasteiger partial charge in [-0.3, -0.25) is 14.4 Å². The fraction of sp³-hybridized carbons (Fsp3) is 0.524. The van der Waals surface area contributed by atoms with Crippen LogP contribution >= 0.6 is 0 Å². The van der Waals surface area contributed by atoms with Crippen LogP contribution in [-0.2, 0) is 25.6 Å². The van der Waals surface area contributed by atoms with E-state index < -0.39 is 54.5 Å². The molecule has 0 radical (unpaired) electrons. The first-order valence-electron chi connectivity index (χ1n) is 10.4. The van der Waals surface area contributed by atoms with E-state index in [4.69, 9.17) is 21.7 Å². The van der Waals surface area contributed by atoms with Crippen molar-refractivity contribution in [1.82, 2.24) is 16.0 Å². The van der Waals surface area contributed by atoms with Gasteiger partial charge in [-0.1, -0.05) is 30.3 Å². The van der Waals surface area contributed by atoms with E-state index in [0.717, 1.165) is 5.56 Å². The van der Waals surface area contributed by atoms with Crippen molar-refractivity contribution in [2.75, 3.05) is 13.2 Å². The van der Waals surface area contributed by atoms with Crippen LogP contribution in [-0.4, -0.2) is 71.2 Å². The Morgan fingerprint density at radius 2 is 1.56 bits per heavy atom. The van der Waals surface area contributed by atoms with Crippen molar-refractivity contribution in [3.05, 3.63) is 35.9 Å². The van der Waals surface area contributed by atoms with E-state index >= 15 is 0 Å². The van der Waals surface area contributed by atoms with E-state index in [0.29, 0.717) is 25.8 Å². The zero-order chi connectivity index (χ0) is 24.1. The summed E-state index contributed by atoms with van der Waals surface area (Å²) < 4.78 is 0. The number of benzene rings is 1. The number of carbonyl (C=O) groups is 4. The number of aliphatic hydroxyl groups is 1. The van der Waals surface area contributed by atoms with Crippen molar-refractivity contribution in [3.8, 4) is 0 Å². The molecule has 0 aliphatic heterocycles. The molecule has 4 atom stereocenters. The highest BCUT2D eigenvalue weighted by Gasteiger charge is 2.28. The molecule has 1 aromatic rings. The molecule has 4 unspecified atom stereocenters. The second-order valence-electron chi connectivity index (χ2n) is 7.45. The third-order valence-corrected chi connectivity index (χ3v) is 4.76. The van der Waals surface area contributed by atoms with E-state index in [9.17, 15) is 19.2 Å². The monoisotopic (exact) mass is 451 g/mol. The smallest absolute Gasteiger partial charge is 0.328 e. The van der Waals surface area contributed by atoms with E-state index in [1.807, 2.05) is 30.3 Å². The second kappa shape index (κ2) is 14.1. The summed E-state index contributed by atoms with van der Waals surface area (Å²) in [6.45, 7) is 1.05. The highest BCUT2D eigenvalue weighted by Crippen LogP contribution is 2.04. The van der Waals surface area contributed by atoms with Crippen LogP contribution in [0.2, 0.25) is 0 Å². The Morgan fingerprint density at radius 3 is 2.12 bits per heavy atom. The van der Waals surface area contributed by atoms with Gasteiger partial charge in [-0.25, -0.2) is 4.79 Å². The molecule has 3 amide bonds. The van der Waals surface area contributed by atoms with Crippen molar-refractivity contribution in [2.24, 2.45) is 11.5 Å². The lowest BCUT2D eigenvalue weighted by Gasteiger charge is -2.23. The summed E-state index contributed by atoms with van der Waals surface area (Å²) in [7, 11) is 0. The maximum absolute atomic E-state index is 12.6. The quantitative estimate of drug-likeness (QED) is 0.161. The summed E-state index contributed by atoms with van der Waals surface area (Å²) in [6, 6.07) is 4.79. The molecule has 0 spiro atoms. The molecule has 1 rings (SSSR count). The summed E-state index contributed by atoms with van der Waals surface area (Å²) in [5.41, 5.74) is 12.3. The van der Waals surface area contributed by atoms with Gasteiger partial charge in [0.2, 0.25) is 17.7 Å². The SMILES string of the molecule is CC(NC(=O)C(N)Cc1ccccc1)C(=O)NC(CCCCN)C(=O)NC(CO)C(=O)O. The van der Waals surface area contributed by atoms with Crippen molar-refractivity contribution in [2.45, 2.75) is 56.8 Å². The van der Waals surface area contributed by atoms with Crippen LogP contribution in [0.15, 0.2) is 30.3 Å². The van der Waals surface area contributed by atoms with Gasteiger partial charge in [-0.2, -0.15) is 0 Å². The number of nitrogens with one attached hydrogen (secondary N) is 3. The maximum Gasteiger partial charge on any atom is 0.328 e. The Kier molecular flexibility index (Phi) is 11.9. The molecular weight excluding hydrogens is 418 g/mol. The minimum absolute atomic E-state index is 0.209. The first kappa shape index (κ1) is 27.0. The van der Waals surface area contributed by atoms with Gasteiger partial charge in [-0.05, 0) is 44.7 Å². The van der Waals surface area contributed by atoms with E-state index in [-0.39, 0.29) is 6.42 Å². The average molecular weight is 452 g/mol. The Balaban J connectivity index is 2.70. The minimum Gasteiger partial charge on any atom is -0.480 e. The summed E-state index contributed by atoms with van der Waals surface area (Å²) in [5.74, 6) is -3.31. The number of hydrogen-bond acceptors (Lipinski definition) is 7. The zero-order valence-electron chi connectivity index (χ0n) is 18.1. The molecule has 11 heteroatoms. The Labute approximate surface area is 186 Å². The third-order valence-electron chi connectivity index (χ3n) is 4.76. The van der Waals surface area contributed by atoms with Crippen LogP contribution in [0, 0.1) is 0 Å². The Morgan fingerprint density at radius 1 is 0.938 bits per heavy atom. The van der Waals surface area contributed by atoms with E-state index in [2.05, 4.69) is 16.0 Å². The Hall–Kier alpha value is -3.02. The average Bonchev–Trinajstić information content (AvgIpc) is 2.76. The first-order chi connectivity index (χ1) is 15.2. The van der Waals surface area contributed by atoms with Crippen molar-refractivity contribution < 1.29 is 29.4 Å². The molecule has 178 valence electrons. The van der Waals surface area contributed by atoms with E-state index in [1.165, 1.54) is 6.92 Å². The van der Waals surface area contributed by atoms with Crippen LogP contribution in [0.25, 0.3) is 0 Å². The number of unbranched alkanes of at least 4 members (excludes halogenated alkanes) is 1. The lowest BCUT2D eigenvalue weighted by Crippen LogP contribution is -2.56. The highest BCUT2D eigenvalue weighted by atomic mass is 16.4. The van der Waals surface area contributed by atoms with Gasteiger partial charge in [0.1, 0.15) is 18.1 Å². The number of aliphatic hydroxyl groups excluding tert-OH is 1. The van der Waals surface area contributed by atoms with E-state index in [1.54, 1.807) is 0 Å². The number of carbonyl (C=O) groups excluding carboxylic acids is 3. The van der Waals surface area contributed by atoms with Gasteiger partial charge in [-0.15, -0.1) is 0 Å². The molecule has 1 aromatic carbocycles. The number of rotatable bonds is 14. The first-order valence-corrected chi connectivity index (χ1v) is 10.4. The summed E-state index contributed by atoms with van der Waals surface area (Å²) in [5, 5.41) is 25.3. The molecule has 11 nitrogen and oxygen atoms in total. The zero-order valence-corrected chi connectivity index (χ0v) is 18.1. The minimum atomic E-state index is -1.50. The van der Waals surface area contributed by atoms with Gasteiger partial charge >= 0.3 is 5.97 Å². The summed E-state index contributed by atoms with van der Waals surface area (Å²) in [6.07, 6.45) is 1.61. The fourth-order valence-corrected chi connectivity index (χ4v) is 2.86. The number of nitrogens with two attached hydrogens (primary N) is 2. The summed E-state index contributed by atoms with van der Waals surface area (Å²) >= 11 is 0. The fourth-order valence-electron chi connectivity index (χ4n) is 2.86. The Bertz CT molecular complexity index is 760. The van der Waals surface area contributed by atoms with Crippen LogP contribution in [0.3, 0.4) is 0 Å². The molecule has 0 aliphatic carbocycles. The molecule has 9 N–H and O–H groups in total. The molecule has 32 heavy (non-hydrogen) atoms. The van der Waals surface area contributed by atoms with Gasteiger partial charge in [0.25, 0.3) is 0 Å². The molecule has 0 saturated heterocycles. The lowest BCUT2D eigenvalue weighted by atomic mass is 10.1. The molecule has 0 aromatic heterocycles. The standard InChI is InChI=1S/C21H33N5O6/c1-13(24-19(29)15(23)11-14-7-3-2-4-8-14)18(28)25-16(9-5-6-10-22)20(30)26-17(12-27)21(31)32/h2-4,7-8,13,15-17,27H,5-6,9-12,22-23H2,1H3,(H,24,29)(H,25,28)(H,26,30)(H,31,32). The lowest BCUT2D eigenvalue weighted by molar-refractivity contribution is -0.143. The van der Waals surface area contributed by atoms with Crippen LogP contribution < -0.4 is 27.4 Å². The van der Waals surface area contributed by atoms with Crippen molar-refractivity contribution in [1.29, 1.82) is 0 Å². The topological polar surface area (TPSA) is 197 Å².